The molecule has 112 valence electrons. The number of hydrogen-bond donors (Lipinski definition) is 1. The SMILES string of the molecule is CC(O)C(F)CC1CCN(C(=O)OC(C)(C)C)CC1. The zero-order chi connectivity index (χ0) is 14.6. The molecule has 0 aromatic rings. The number of piperidine rings is 1. The van der Waals surface area contributed by atoms with Crippen LogP contribution in [0.15, 0.2) is 0 Å². The number of ether oxygens (including phenoxy) is 1. The normalized spacial score (nSPS) is 21.1. The van der Waals surface area contributed by atoms with Crippen molar-refractivity contribution in [2.24, 2.45) is 5.92 Å². The number of carbonyl (C=O) groups is 1. The molecule has 0 aromatic heterocycles. The van der Waals surface area contributed by atoms with Crippen LogP contribution in [-0.2, 0) is 4.74 Å². The highest BCUT2D eigenvalue weighted by atomic mass is 19.1. The Kier molecular flexibility index (Phi) is 5.59. The van der Waals surface area contributed by atoms with Gasteiger partial charge in [-0.25, -0.2) is 9.18 Å². The smallest absolute Gasteiger partial charge is 0.410 e. The van der Waals surface area contributed by atoms with E-state index in [0.29, 0.717) is 19.5 Å². The van der Waals surface area contributed by atoms with Gasteiger partial charge in [-0.1, -0.05) is 0 Å². The van der Waals surface area contributed by atoms with Crippen LogP contribution >= 0.6 is 0 Å². The topological polar surface area (TPSA) is 49.8 Å². The predicted molar refractivity (Wildman–Crippen MR) is 71.7 cm³/mol. The second-order valence-electron chi connectivity index (χ2n) is 6.40. The third-order valence-electron chi connectivity index (χ3n) is 3.35. The Morgan fingerprint density at radius 3 is 2.37 bits per heavy atom. The first-order valence-corrected chi connectivity index (χ1v) is 6.99. The molecule has 2 unspecified atom stereocenters. The number of aliphatic hydroxyl groups is 1. The zero-order valence-electron chi connectivity index (χ0n) is 12.4. The Labute approximate surface area is 114 Å². The van der Waals surface area contributed by atoms with Gasteiger partial charge in [-0.15, -0.1) is 0 Å². The van der Waals surface area contributed by atoms with Crippen molar-refractivity contribution in [3.63, 3.8) is 0 Å². The number of likely N-dealkylation sites (tertiary alicyclic amines) is 1. The highest BCUT2D eigenvalue weighted by Gasteiger charge is 2.28. The Hall–Kier alpha value is -0.840. The minimum Gasteiger partial charge on any atom is -0.444 e. The Morgan fingerprint density at radius 1 is 1.42 bits per heavy atom. The molecule has 5 heteroatoms. The Bertz CT molecular complexity index is 294. The van der Waals surface area contributed by atoms with Crippen LogP contribution in [0.3, 0.4) is 0 Å². The summed E-state index contributed by atoms with van der Waals surface area (Å²) in [5.74, 6) is 0.239. The second-order valence-corrected chi connectivity index (χ2v) is 6.40. The summed E-state index contributed by atoms with van der Waals surface area (Å²) in [4.78, 5) is 13.5. The highest BCUT2D eigenvalue weighted by molar-refractivity contribution is 5.68. The summed E-state index contributed by atoms with van der Waals surface area (Å²) in [6.07, 6.45) is -0.460. The molecule has 0 radical (unpaired) electrons. The maximum Gasteiger partial charge on any atom is 0.410 e. The lowest BCUT2D eigenvalue weighted by Gasteiger charge is -2.34. The fourth-order valence-electron chi connectivity index (χ4n) is 2.19. The minimum atomic E-state index is -1.17. The third-order valence-corrected chi connectivity index (χ3v) is 3.35. The molecule has 0 saturated carbocycles. The minimum absolute atomic E-state index is 0.239. The number of aliphatic hydroxyl groups excluding tert-OH is 1. The lowest BCUT2D eigenvalue weighted by Crippen LogP contribution is -2.42. The highest BCUT2D eigenvalue weighted by Crippen LogP contribution is 2.25. The van der Waals surface area contributed by atoms with Crippen molar-refractivity contribution in [3.8, 4) is 0 Å². The first-order valence-electron chi connectivity index (χ1n) is 6.99. The fourth-order valence-corrected chi connectivity index (χ4v) is 2.19. The largest absolute Gasteiger partial charge is 0.444 e. The van der Waals surface area contributed by atoms with Crippen molar-refractivity contribution in [2.75, 3.05) is 13.1 Å². The molecule has 1 aliphatic rings. The van der Waals surface area contributed by atoms with Crippen molar-refractivity contribution >= 4 is 6.09 Å². The fraction of sp³-hybridized carbons (Fsp3) is 0.929. The van der Waals surface area contributed by atoms with Gasteiger partial charge < -0.3 is 14.7 Å². The summed E-state index contributed by atoms with van der Waals surface area (Å²) in [5, 5.41) is 9.16. The molecule has 1 amide bonds. The summed E-state index contributed by atoms with van der Waals surface area (Å²) in [7, 11) is 0. The number of amides is 1. The van der Waals surface area contributed by atoms with Gasteiger partial charge in [-0.3, -0.25) is 0 Å². The number of hydrogen-bond acceptors (Lipinski definition) is 3. The van der Waals surface area contributed by atoms with Crippen molar-refractivity contribution in [3.05, 3.63) is 0 Å². The molecule has 19 heavy (non-hydrogen) atoms. The van der Waals surface area contributed by atoms with E-state index in [4.69, 9.17) is 9.84 Å². The molecule has 1 aliphatic heterocycles. The molecular formula is C14H26FNO3. The van der Waals surface area contributed by atoms with E-state index in [9.17, 15) is 9.18 Å². The molecule has 1 heterocycles. The van der Waals surface area contributed by atoms with Gasteiger partial charge in [-0.05, 0) is 52.9 Å². The van der Waals surface area contributed by atoms with Crippen LogP contribution in [0.5, 0.6) is 0 Å². The number of nitrogens with zero attached hydrogens (tertiary/aromatic N) is 1. The monoisotopic (exact) mass is 275 g/mol. The Balaban J connectivity index is 2.35. The van der Waals surface area contributed by atoms with Gasteiger partial charge >= 0.3 is 6.09 Å². The average Bonchev–Trinajstić information content (AvgIpc) is 2.27. The molecule has 4 nitrogen and oxygen atoms in total. The van der Waals surface area contributed by atoms with Gasteiger partial charge in [0, 0.05) is 13.1 Å². The number of halogens is 1. The molecule has 1 saturated heterocycles. The van der Waals surface area contributed by atoms with E-state index in [0.717, 1.165) is 12.8 Å². The summed E-state index contributed by atoms with van der Waals surface area (Å²) in [5.41, 5.74) is -0.482. The summed E-state index contributed by atoms with van der Waals surface area (Å²) < 4.78 is 18.7. The van der Waals surface area contributed by atoms with Crippen molar-refractivity contribution < 1.29 is 19.0 Å². The molecule has 1 rings (SSSR count). The van der Waals surface area contributed by atoms with Gasteiger partial charge in [0.05, 0.1) is 6.10 Å². The van der Waals surface area contributed by atoms with Crippen LogP contribution in [0, 0.1) is 5.92 Å². The van der Waals surface area contributed by atoms with Crippen molar-refractivity contribution in [2.45, 2.75) is 64.8 Å². The lowest BCUT2D eigenvalue weighted by atomic mass is 9.90. The first-order chi connectivity index (χ1) is 8.69. The van der Waals surface area contributed by atoms with Crippen molar-refractivity contribution in [1.29, 1.82) is 0 Å². The van der Waals surface area contributed by atoms with Crippen LogP contribution in [0.4, 0.5) is 9.18 Å². The van der Waals surface area contributed by atoms with Gasteiger partial charge in [0.2, 0.25) is 0 Å². The van der Waals surface area contributed by atoms with Crippen LogP contribution in [0.25, 0.3) is 0 Å². The summed E-state index contributed by atoms with van der Waals surface area (Å²) in [6, 6.07) is 0. The molecule has 1 fully saturated rings. The van der Waals surface area contributed by atoms with E-state index >= 15 is 0 Å². The second kappa shape index (κ2) is 6.55. The molecule has 2 atom stereocenters. The van der Waals surface area contributed by atoms with Crippen molar-refractivity contribution in [1.82, 2.24) is 4.90 Å². The average molecular weight is 275 g/mol. The molecule has 0 aliphatic carbocycles. The van der Waals surface area contributed by atoms with Crippen LogP contribution in [0.2, 0.25) is 0 Å². The predicted octanol–water partition coefficient (Wildman–Crippen LogP) is 2.74. The Morgan fingerprint density at radius 2 is 1.95 bits per heavy atom. The molecule has 0 spiro atoms. The molecule has 1 N–H and O–H groups in total. The van der Waals surface area contributed by atoms with E-state index in [2.05, 4.69) is 0 Å². The van der Waals surface area contributed by atoms with E-state index in [1.54, 1.807) is 4.90 Å². The quantitative estimate of drug-likeness (QED) is 0.861. The van der Waals surface area contributed by atoms with Crippen LogP contribution < -0.4 is 0 Å². The van der Waals surface area contributed by atoms with Gasteiger partial charge in [-0.2, -0.15) is 0 Å². The van der Waals surface area contributed by atoms with E-state index in [-0.39, 0.29) is 12.0 Å². The van der Waals surface area contributed by atoms with Crippen LogP contribution in [0.1, 0.15) is 47.0 Å². The van der Waals surface area contributed by atoms with Crippen LogP contribution in [-0.4, -0.2) is 47.1 Å². The van der Waals surface area contributed by atoms with Gasteiger partial charge in [0.25, 0.3) is 0 Å². The van der Waals surface area contributed by atoms with E-state index in [1.807, 2.05) is 20.8 Å². The van der Waals surface area contributed by atoms with E-state index < -0.39 is 17.9 Å². The van der Waals surface area contributed by atoms with Gasteiger partial charge in [0.15, 0.2) is 0 Å². The maximum atomic E-state index is 13.4. The number of carbonyl (C=O) groups excluding carboxylic acids is 1. The first kappa shape index (κ1) is 16.2. The molecular weight excluding hydrogens is 249 g/mol. The van der Waals surface area contributed by atoms with E-state index in [1.165, 1.54) is 6.92 Å². The summed E-state index contributed by atoms with van der Waals surface area (Å²) in [6.45, 7) is 8.20. The lowest BCUT2D eigenvalue weighted by molar-refractivity contribution is 0.0147. The third kappa shape index (κ3) is 5.76. The zero-order valence-corrected chi connectivity index (χ0v) is 12.4. The molecule has 0 bridgehead atoms. The van der Waals surface area contributed by atoms with Gasteiger partial charge in [0.1, 0.15) is 11.8 Å². The molecule has 0 aromatic carbocycles. The maximum absolute atomic E-state index is 13.4. The number of rotatable bonds is 3. The summed E-state index contributed by atoms with van der Waals surface area (Å²) >= 11 is 0. The standard InChI is InChI=1S/C14H26FNO3/c1-10(17)12(15)9-11-5-7-16(8-6-11)13(18)19-14(2,3)4/h10-12,17H,5-9H2,1-4H3. The number of alkyl halides is 1.